The molecule has 0 N–H and O–H groups in total. The van der Waals surface area contributed by atoms with E-state index in [9.17, 15) is 4.79 Å². The number of hydrogen-bond acceptors (Lipinski definition) is 3. The summed E-state index contributed by atoms with van der Waals surface area (Å²) in [5.74, 6) is 0.266. The lowest BCUT2D eigenvalue weighted by atomic mass is 10.2. The first-order valence-corrected chi connectivity index (χ1v) is 5.18. The molecule has 0 aliphatic rings. The first-order valence-electron chi connectivity index (χ1n) is 5.18. The molecular weight excluding hydrogens is 192 g/mol. The normalized spacial score (nSPS) is 9.73. The number of ether oxygens (including phenoxy) is 2. The molecular formula is C12H16O3. The second kappa shape index (κ2) is 6.06. The summed E-state index contributed by atoms with van der Waals surface area (Å²) in [6.45, 7) is 4.79. The van der Waals surface area contributed by atoms with E-state index >= 15 is 0 Å². The van der Waals surface area contributed by atoms with E-state index < -0.39 is 0 Å². The fraction of sp³-hybridized carbons (Fsp3) is 0.417. The van der Waals surface area contributed by atoms with Crippen molar-refractivity contribution in [3.8, 4) is 5.75 Å². The van der Waals surface area contributed by atoms with E-state index in [0.717, 1.165) is 6.42 Å². The number of rotatable bonds is 5. The summed E-state index contributed by atoms with van der Waals surface area (Å²) < 4.78 is 10.4. The zero-order valence-electron chi connectivity index (χ0n) is 9.16. The predicted molar refractivity (Wildman–Crippen MR) is 58.2 cm³/mol. The Labute approximate surface area is 90.0 Å². The Balaban J connectivity index is 2.80. The molecule has 0 saturated heterocycles. The maximum Gasteiger partial charge on any atom is 0.341 e. The van der Waals surface area contributed by atoms with Gasteiger partial charge >= 0.3 is 5.97 Å². The monoisotopic (exact) mass is 208 g/mol. The van der Waals surface area contributed by atoms with Gasteiger partial charge in [-0.2, -0.15) is 0 Å². The quantitative estimate of drug-likeness (QED) is 0.698. The molecule has 1 aromatic rings. The zero-order chi connectivity index (χ0) is 11.1. The van der Waals surface area contributed by atoms with Crippen LogP contribution in [0.25, 0.3) is 0 Å². The first kappa shape index (κ1) is 11.6. The van der Waals surface area contributed by atoms with Gasteiger partial charge in [-0.25, -0.2) is 4.79 Å². The molecule has 82 valence electrons. The number of carbonyl (C=O) groups is 1. The Kier molecular flexibility index (Phi) is 4.68. The molecule has 0 aliphatic carbocycles. The van der Waals surface area contributed by atoms with Crippen molar-refractivity contribution in [1.29, 1.82) is 0 Å². The molecule has 3 nitrogen and oxygen atoms in total. The van der Waals surface area contributed by atoms with E-state index in [1.165, 1.54) is 0 Å². The lowest BCUT2D eigenvalue weighted by molar-refractivity contribution is 0.0521. The lowest BCUT2D eigenvalue weighted by Gasteiger charge is -2.09. The van der Waals surface area contributed by atoms with Crippen LogP contribution in [0.4, 0.5) is 0 Å². The van der Waals surface area contributed by atoms with E-state index in [2.05, 4.69) is 0 Å². The van der Waals surface area contributed by atoms with Gasteiger partial charge < -0.3 is 9.47 Å². The molecule has 0 saturated carbocycles. The van der Waals surface area contributed by atoms with Gasteiger partial charge in [0.05, 0.1) is 13.2 Å². The van der Waals surface area contributed by atoms with Crippen LogP contribution in [0.3, 0.4) is 0 Å². The molecule has 1 rings (SSSR count). The summed E-state index contributed by atoms with van der Waals surface area (Å²) in [5.41, 5.74) is 0.493. The van der Waals surface area contributed by atoms with Crippen molar-refractivity contribution < 1.29 is 14.3 Å². The molecule has 0 amide bonds. The largest absolute Gasteiger partial charge is 0.493 e. The van der Waals surface area contributed by atoms with E-state index in [0.29, 0.717) is 24.5 Å². The predicted octanol–water partition coefficient (Wildman–Crippen LogP) is 2.65. The van der Waals surface area contributed by atoms with Gasteiger partial charge in [0.2, 0.25) is 0 Å². The fourth-order valence-corrected chi connectivity index (χ4v) is 1.18. The average Bonchev–Trinajstić information content (AvgIpc) is 2.27. The minimum atomic E-state index is -0.329. The van der Waals surface area contributed by atoms with Crippen LogP contribution >= 0.6 is 0 Å². The number of carbonyl (C=O) groups excluding carboxylic acids is 1. The smallest absolute Gasteiger partial charge is 0.341 e. The SMILES string of the molecule is CCCOc1ccccc1C(=O)OCC. The molecule has 0 aromatic heterocycles. The van der Waals surface area contributed by atoms with Crippen molar-refractivity contribution in [3.05, 3.63) is 29.8 Å². The second-order valence-electron chi connectivity index (χ2n) is 3.07. The third-order valence-corrected chi connectivity index (χ3v) is 1.84. The second-order valence-corrected chi connectivity index (χ2v) is 3.07. The van der Waals surface area contributed by atoms with Crippen LogP contribution in [0, 0.1) is 0 Å². The molecule has 0 fully saturated rings. The van der Waals surface area contributed by atoms with Crippen LogP contribution in [-0.2, 0) is 4.74 Å². The Bertz CT molecular complexity index is 320. The Hall–Kier alpha value is -1.51. The third-order valence-electron chi connectivity index (χ3n) is 1.84. The zero-order valence-corrected chi connectivity index (χ0v) is 9.16. The van der Waals surface area contributed by atoms with Crippen LogP contribution in [-0.4, -0.2) is 19.2 Å². The van der Waals surface area contributed by atoms with Gasteiger partial charge in [0.1, 0.15) is 11.3 Å². The van der Waals surface area contributed by atoms with E-state index in [1.54, 1.807) is 25.1 Å². The van der Waals surface area contributed by atoms with Gasteiger partial charge in [-0.05, 0) is 25.5 Å². The highest BCUT2D eigenvalue weighted by Gasteiger charge is 2.12. The maximum absolute atomic E-state index is 11.5. The molecule has 3 heteroatoms. The summed E-state index contributed by atoms with van der Waals surface area (Å²) in [4.78, 5) is 11.5. The Morgan fingerprint density at radius 1 is 1.27 bits per heavy atom. The Morgan fingerprint density at radius 3 is 2.67 bits per heavy atom. The van der Waals surface area contributed by atoms with Crippen molar-refractivity contribution in [2.45, 2.75) is 20.3 Å². The van der Waals surface area contributed by atoms with Crippen LogP contribution < -0.4 is 4.74 Å². The Morgan fingerprint density at radius 2 is 2.00 bits per heavy atom. The van der Waals surface area contributed by atoms with Crippen LogP contribution in [0.5, 0.6) is 5.75 Å². The number of esters is 1. The highest BCUT2D eigenvalue weighted by atomic mass is 16.5. The molecule has 0 aliphatic heterocycles. The van der Waals surface area contributed by atoms with Crippen molar-refractivity contribution in [3.63, 3.8) is 0 Å². The molecule has 0 heterocycles. The lowest BCUT2D eigenvalue weighted by Crippen LogP contribution is -2.08. The molecule has 0 unspecified atom stereocenters. The van der Waals surface area contributed by atoms with Crippen LogP contribution in [0.15, 0.2) is 24.3 Å². The van der Waals surface area contributed by atoms with Gasteiger partial charge in [0.25, 0.3) is 0 Å². The van der Waals surface area contributed by atoms with Crippen molar-refractivity contribution in [2.24, 2.45) is 0 Å². The van der Waals surface area contributed by atoms with E-state index in [1.807, 2.05) is 13.0 Å². The highest BCUT2D eigenvalue weighted by molar-refractivity contribution is 5.92. The van der Waals surface area contributed by atoms with E-state index in [4.69, 9.17) is 9.47 Å². The van der Waals surface area contributed by atoms with Gasteiger partial charge in [-0.3, -0.25) is 0 Å². The van der Waals surface area contributed by atoms with Crippen LogP contribution in [0.2, 0.25) is 0 Å². The van der Waals surface area contributed by atoms with E-state index in [-0.39, 0.29) is 5.97 Å². The number of hydrogen-bond donors (Lipinski definition) is 0. The maximum atomic E-state index is 11.5. The van der Waals surface area contributed by atoms with Gasteiger partial charge in [-0.1, -0.05) is 19.1 Å². The standard InChI is InChI=1S/C12H16O3/c1-3-9-15-11-8-6-5-7-10(11)12(13)14-4-2/h5-8H,3-4,9H2,1-2H3. The fourth-order valence-electron chi connectivity index (χ4n) is 1.18. The van der Waals surface area contributed by atoms with Crippen molar-refractivity contribution >= 4 is 5.97 Å². The topological polar surface area (TPSA) is 35.5 Å². The summed E-state index contributed by atoms with van der Waals surface area (Å²) in [5, 5.41) is 0. The molecule has 0 atom stereocenters. The molecule has 0 radical (unpaired) electrons. The molecule has 0 bridgehead atoms. The average molecular weight is 208 g/mol. The highest BCUT2D eigenvalue weighted by Crippen LogP contribution is 2.18. The summed E-state index contributed by atoms with van der Waals surface area (Å²) in [7, 11) is 0. The number of benzene rings is 1. The minimum Gasteiger partial charge on any atom is -0.493 e. The minimum absolute atomic E-state index is 0.329. The molecule has 15 heavy (non-hydrogen) atoms. The van der Waals surface area contributed by atoms with Crippen molar-refractivity contribution in [2.75, 3.05) is 13.2 Å². The van der Waals surface area contributed by atoms with Crippen molar-refractivity contribution in [1.82, 2.24) is 0 Å². The van der Waals surface area contributed by atoms with Gasteiger partial charge in [0, 0.05) is 0 Å². The molecule has 1 aromatic carbocycles. The van der Waals surface area contributed by atoms with Crippen LogP contribution in [0.1, 0.15) is 30.6 Å². The third kappa shape index (κ3) is 3.27. The molecule has 0 spiro atoms. The van der Waals surface area contributed by atoms with Gasteiger partial charge in [0.15, 0.2) is 0 Å². The summed E-state index contributed by atoms with van der Waals surface area (Å²) in [6, 6.07) is 7.13. The van der Waals surface area contributed by atoms with Gasteiger partial charge in [-0.15, -0.1) is 0 Å². The summed E-state index contributed by atoms with van der Waals surface area (Å²) >= 11 is 0. The summed E-state index contributed by atoms with van der Waals surface area (Å²) in [6.07, 6.45) is 0.914. The first-order chi connectivity index (χ1) is 7.29. The number of para-hydroxylation sites is 1.